The minimum Gasteiger partial charge on any atom is -0.497 e. The van der Waals surface area contributed by atoms with Gasteiger partial charge in [0.05, 0.1) is 20.5 Å². The van der Waals surface area contributed by atoms with Crippen molar-refractivity contribution in [2.75, 3.05) is 14.2 Å². The molecule has 0 spiro atoms. The topological polar surface area (TPSA) is 60.7 Å². The highest BCUT2D eigenvalue weighted by molar-refractivity contribution is 5.97. The van der Waals surface area contributed by atoms with Gasteiger partial charge >= 0.3 is 0 Å². The smallest absolute Gasteiger partial charge is 0.244 e. The summed E-state index contributed by atoms with van der Waals surface area (Å²) in [6.07, 6.45) is 3.30. The molecule has 0 atom stereocenters. The molecule has 0 saturated heterocycles. The van der Waals surface area contributed by atoms with Crippen molar-refractivity contribution in [1.29, 1.82) is 0 Å². The van der Waals surface area contributed by atoms with Crippen molar-refractivity contribution in [3.8, 4) is 11.5 Å². The van der Waals surface area contributed by atoms with E-state index in [1.54, 1.807) is 26.6 Å². The fourth-order valence-electron chi connectivity index (χ4n) is 2.92. The van der Waals surface area contributed by atoms with Crippen LogP contribution >= 0.6 is 0 Å². The van der Waals surface area contributed by atoms with E-state index in [0.717, 1.165) is 39.0 Å². The van der Waals surface area contributed by atoms with Crippen molar-refractivity contribution in [2.24, 2.45) is 0 Å². The van der Waals surface area contributed by atoms with Gasteiger partial charge in [0.1, 0.15) is 17.1 Å². The molecule has 0 aliphatic rings. The largest absolute Gasteiger partial charge is 0.497 e. The maximum atomic E-state index is 12.3. The van der Waals surface area contributed by atoms with Gasteiger partial charge in [0, 0.05) is 29.6 Å². The summed E-state index contributed by atoms with van der Waals surface area (Å²) >= 11 is 0. The van der Waals surface area contributed by atoms with Gasteiger partial charge in [-0.15, -0.1) is 0 Å². The Labute approximate surface area is 158 Å². The summed E-state index contributed by atoms with van der Waals surface area (Å²) in [5.74, 6) is 1.31. The normalized spacial score (nSPS) is 11.5. The summed E-state index contributed by atoms with van der Waals surface area (Å²) in [5.41, 5.74) is 4.51. The second-order valence-corrected chi connectivity index (χ2v) is 6.36. The summed E-state index contributed by atoms with van der Waals surface area (Å²) in [6, 6.07) is 11.4. The van der Waals surface area contributed by atoms with Crippen molar-refractivity contribution in [2.45, 2.75) is 20.4 Å². The monoisotopic (exact) mass is 365 g/mol. The van der Waals surface area contributed by atoms with Crippen LogP contribution in [0.4, 0.5) is 0 Å². The number of amides is 1. The number of carbonyl (C=O) groups excluding carboxylic acids is 1. The standard InChI is InChI=1S/C22H23NO4/c1-14(9-22(24)23-12-16-5-7-17(25-3)8-6-16)18-10-19-15(2)13-27-21(19)11-20(18)26-4/h5-11,13H,12H2,1-4H3,(H,23,24)/b14-9+. The Bertz CT molecular complexity index is 983. The van der Waals surface area contributed by atoms with Crippen LogP contribution in [0.1, 0.15) is 23.6 Å². The summed E-state index contributed by atoms with van der Waals surface area (Å²) < 4.78 is 16.1. The first-order valence-electron chi connectivity index (χ1n) is 8.67. The van der Waals surface area contributed by atoms with Crippen LogP contribution in [0.15, 0.2) is 53.2 Å². The molecule has 1 heterocycles. The van der Waals surface area contributed by atoms with E-state index in [0.29, 0.717) is 12.3 Å². The molecular formula is C22H23NO4. The van der Waals surface area contributed by atoms with E-state index < -0.39 is 0 Å². The Kier molecular flexibility index (Phi) is 5.50. The molecule has 0 aliphatic heterocycles. The number of benzene rings is 2. The molecule has 3 rings (SSSR count). The number of carbonyl (C=O) groups is 1. The first-order valence-corrected chi connectivity index (χ1v) is 8.67. The summed E-state index contributed by atoms with van der Waals surface area (Å²) in [4.78, 5) is 12.3. The van der Waals surface area contributed by atoms with Crippen LogP contribution in [0.2, 0.25) is 0 Å². The van der Waals surface area contributed by atoms with Crippen molar-refractivity contribution in [1.82, 2.24) is 5.32 Å². The third-order valence-electron chi connectivity index (χ3n) is 4.49. The van der Waals surface area contributed by atoms with Gasteiger partial charge in [-0.1, -0.05) is 12.1 Å². The number of nitrogens with one attached hydrogen (secondary N) is 1. The third kappa shape index (κ3) is 4.14. The van der Waals surface area contributed by atoms with E-state index in [9.17, 15) is 4.79 Å². The predicted octanol–water partition coefficient (Wildman–Crippen LogP) is 4.48. The van der Waals surface area contributed by atoms with Crippen LogP contribution in [0.3, 0.4) is 0 Å². The van der Waals surface area contributed by atoms with Crippen LogP contribution in [-0.2, 0) is 11.3 Å². The minimum absolute atomic E-state index is 0.158. The molecule has 5 heteroatoms. The fourth-order valence-corrected chi connectivity index (χ4v) is 2.92. The van der Waals surface area contributed by atoms with Crippen LogP contribution in [0.5, 0.6) is 11.5 Å². The summed E-state index contributed by atoms with van der Waals surface area (Å²) in [6.45, 7) is 4.33. The van der Waals surface area contributed by atoms with Gasteiger partial charge < -0.3 is 19.2 Å². The van der Waals surface area contributed by atoms with E-state index in [1.807, 2.05) is 50.2 Å². The Hall–Kier alpha value is -3.21. The molecule has 1 aromatic heterocycles. The second-order valence-electron chi connectivity index (χ2n) is 6.36. The molecule has 0 radical (unpaired) electrons. The molecule has 5 nitrogen and oxygen atoms in total. The van der Waals surface area contributed by atoms with Gasteiger partial charge in [-0.05, 0) is 48.7 Å². The summed E-state index contributed by atoms with van der Waals surface area (Å²) in [5, 5.41) is 3.91. The lowest BCUT2D eigenvalue weighted by atomic mass is 10.0. The fraction of sp³-hybridized carbons (Fsp3) is 0.227. The van der Waals surface area contributed by atoms with E-state index in [1.165, 1.54) is 0 Å². The van der Waals surface area contributed by atoms with Crippen molar-refractivity contribution in [3.63, 3.8) is 0 Å². The van der Waals surface area contributed by atoms with Crippen LogP contribution in [0.25, 0.3) is 16.5 Å². The Morgan fingerprint density at radius 2 is 1.89 bits per heavy atom. The maximum Gasteiger partial charge on any atom is 0.244 e. The molecule has 1 amide bonds. The first kappa shape index (κ1) is 18.6. The van der Waals surface area contributed by atoms with Crippen molar-refractivity contribution in [3.05, 3.63) is 65.4 Å². The Morgan fingerprint density at radius 1 is 1.15 bits per heavy atom. The molecule has 0 fully saturated rings. The second kappa shape index (κ2) is 7.99. The lowest BCUT2D eigenvalue weighted by Crippen LogP contribution is -2.20. The van der Waals surface area contributed by atoms with Gasteiger partial charge in [0.2, 0.25) is 5.91 Å². The number of allylic oxidation sites excluding steroid dienone is 1. The van der Waals surface area contributed by atoms with E-state index >= 15 is 0 Å². The van der Waals surface area contributed by atoms with E-state index in [4.69, 9.17) is 13.9 Å². The molecule has 0 bridgehead atoms. The quantitative estimate of drug-likeness (QED) is 0.655. The number of hydrogen-bond donors (Lipinski definition) is 1. The van der Waals surface area contributed by atoms with Crippen molar-refractivity contribution < 1.29 is 18.7 Å². The summed E-state index contributed by atoms with van der Waals surface area (Å²) in [7, 11) is 3.23. The highest BCUT2D eigenvalue weighted by atomic mass is 16.5. The van der Waals surface area contributed by atoms with Gasteiger partial charge in [0.15, 0.2) is 0 Å². The molecule has 140 valence electrons. The number of rotatable bonds is 6. The van der Waals surface area contributed by atoms with Gasteiger partial charge in [0.25, 0.3) is 0 Å². The Balaban J connectivity index is 1.76. The third-order valence-corrected chi connectivity index (χ3v) is 4.49. The molecule has 1 N–H and O–H groups in total. The highest BCUT2D eigenvalue weighted by Crippen LogP contribution is 2.33. The number of furan rings is 1. The molecule has 3 aromatic rings. The average Bonchev–Trinajstić information content (AvgIpc) is 3.05. The highest BCUT2D eigenvalue weighted by Gasteiger charge is 2.12. The molecule has 27 heavy (non-hydrogen) atoms. The predicted molar refractivity (Wildman–Crippen MR) is 106 cm³/mol. The zero-order valence-corrected chi connectivity index (χ0v) is 16.0. The van der Waals surface area contributed by atoms with Crippen molar-refractivity contribution >= 4 is 22.4 Å². The number of methoxy groups -OCH3 is 2. The lowest BCUT2D eigenvalue weighted by molar-refractivity contribution is -0.116. The first-order chi connectivity index (χ1) is 13.0. The van der Waals surface area contributed by atoms with E-state index in [2.05, 4.69) is 5.32 Å². The minimum atomic E-state index is -0.158. The van der Waals surface area contributed by atoms with Gasteiger partial charge in [-0.3, -0.25) is 4.79 Å². The lowest BCUT2D eigenvalue weighted by Gasteiger charge is -2.10. The number of ether oxygens (including phenoxy) is 2. The van der Waals surface area contributed by atoms with Crippen LogP contribution in [0, 0.1) is 6.92 Å². The number of hydrogen-bond acceptors (Lipinski definition) is 4. The molecule has 0 unspecified atom stereocenters. The van der Waals surface area contributed by atoms with Crippen LogP contribution < -0.4 is 14.8 Å². The SMILES string of the molecule is COc1ccc(CNC(=O)/C=C(\C)c2cc3c(C)coc3cc2OC)cc1. The van der Waals surface area contributed by atoms with E-state index in [-0.39, 0.29) is 5.91 Å². The zero-order chi connectivity index (χ0) is 19.4. The molecule has 0 saturated carbocycles. The average molecular weight is 365 g/mol. The molecule has 2 aromatic carbocycles. The number of aryl methyl sites for hydroxylation is 1. The zero-order valence-electron chi connectivity index (χ0n) is 16.0. The number of fused-ring (bicyclic) bond motifs is 1. The molecule has 0 aliphatic carbocycles. The van der Waals surface area contributed by atoms with Crippen LogP contribution in [-0.4, -0.2) is 20.1 Å². The van der Waals surface area contributed by atoms with Gasteiger partial charge in [-0.2, -0.15) is 0 Å². The Morgan fingerprint density at radius 3 is 2.56 bits per heavy atom. The van der Waals surface area contributed by atoms with Gasteiger partial charge in [-0.25, -0.2) is 0 Å². The molecular weight excluding hydrogens is 342 g/mol. The maximum absolute atomic E-state index is 12.3.